The van der Waals surface area contributed by atoms with Gasteiger partial charge in [-0.1, -0.05) is 11.6 Å². The molecule has 1 aromatic rings. The Bertz CT molecular complexity index is 559. The Morgan fingerprint density at radius 1 is 1.32 bits per heavy atom. The number of pyridine rings is 1. The summed E-state index contributed by atoms with van der Waals surface area (Å²) in [5.74, 6) is 0.810. The Morgan fingerprint density at radius 2 is 1.95 bits per heavy atom. The summed E-state index contributed by atoms with van der Waals surface area (Å²) in [5.41, 5.74) is -0.460. The predicted molar refractivity (Wildman–Crippen MR) is 86.3 cm³/mol. The van der Waals surface area contributed by atoms with Crippen LogP contribution in [0.4, 0.5) is 10.6 Å². The van der Waals surface area contributed by atoms with Gasteiger partial charge in [0.2, 0.25) is 0 Å². The van der Waals surface area contributed by atoms with Gasteiger partial charge in [-0.15, -0.1) is 0 Å². The van der Waals surface area contributed by atoms with E-state index in [2.05, 4.69) is 9.88 Å². The van der Waals surface area contributed by atoms with Crippen LogP contribution in [0.5, 0.6) is 0 Å². The lowest BCUT2D eigenvalue weighted by Crippen LogP contribution is -2.57. The van der Waals surface area contributed by atoms with Crippen molar-refractivity contribution in [1.82, 2.24) is 9.88 Å². The first-order chi connectivity index (χ1) is 10.3. The molecule has 2 atom stereocenters. The molecule has 120 valence electrons. The van der Waals surface area contributed by atoms with Gasteiger partial charge in [0.05, 0.1) is 17.1 Å². The first-order valence-corrected chi connectivity index (χ1v) is 8.10. The van der Waals surface area contributed by atoms with Crippen LogP contribution >= 0.6 is 11.6 Å². The number of anilines is 1. The highest BCUT2D eigenvalue weighted by atomic mass is 35.5. The first-order valence-electron chi connectivity index (χ1n) is 7.72. The molecule has 0 radical (unpaired) electrons. The average molecular weight is 324 g/mol. The van der Waals surface area contributed by atoms with Crippen molar-refractivity contribution in [2.45, 2.75) is 51.3 Å². The van der Waals surface area contributed by atoms with Crippen LogP contribution in [0.3, 0.4) is 0 Å². The van der Waals surface area contributed by atoms with Gasteiger partial charge < -0.3 is 9.64 Å². The van der Waals surface area contributed by atoms with Crippen molar-refractivity contribution in [3.8, 4) is 0 Å². The van der Waals surface area contributed by atoms with E-state index in [4.69, 9.17) is 16.3 Å². The smallest absolute Gasteiger partial charge is 0.410 e. The minimum absolute atomic E-state index is 0.173. The van der Waals surface area contributed by atoms with Gasteiger partial charge >= 0.3 is 6.09 Å². The van der Waals surface area contributed by atoms with Crippen LogP contribution in [0.2, 0.25) is 5.02 Å². The number of rotatable bonds is 1. The molecule has 1 aromatic heterocycles. The number of halogens is 1. The fourth-order valence-corrected chi connectivity index (χ4v) is 3.54. The molecular weight excluding hydrogens is 302 g/mol. The summed E-state index contributed by atoms with van der Waals surface area (Å²) >= 11 is 6.25. The zero-order valence-corrected chi connectivity index (χ0v) is 14.0. The summed E-state index contributed by atoms with van der Waals surface area (Å²) < 4.78 is 5.55. The van der Waals surface area contributed by atoms with Crippen molar-refractivity contribution < 1.29 is 9.53 Å². The predicted octanol–water partition coefficient (Wildman–Crippen LogP) is 3.32. The third-order valence-corrected chi connectivity index (χ3v) is 4.42. The number of aromatic nitrogens is 1. The SMILES string of the molecule is CC(C)(C)OC(=O)N1[C@@H]2CC[C@H]1CN(c1ncccc1Cl)C2. The Labute approximate surface area is 136 Å². The van der Waals surface area contributed by atoms with Crippen LogP contribution in [0.15, 0.2) is 18.3 Å². The van der Waals surface area contributed by atoms with Crippen molar-refractivity contribution in [1.29, 1.82) is 0 Å². The van der Waals surface area contributed by atoms with E-state index in [0.29, 0.717) is 5.02 Å². The van der Waals surface area contributed by atoms with Gasteiger partial charge in [0.25, 0.3) is 0 Å². The van der Waals surface area contributed by atoms with Gasteiger partial charge in [-0.3, -0.25) is 4.90 Å². The van der Waals surface area contributed by atoms with Crippen LogP contribution < -0.4 is 4.90 Å². The van der Waals surface area contributed by atoms with Crippen LogP contribution in [-0.4, -0.2) is 46.8 Å². The molecule has 1 amide bonds. The number of nitrogens with zero attached hydrogens (tertiary/aromatic N) is 3. The molecule has 0 aliphatic carbocycles. The number of amides is 1. The fourth-order valence-electron chi connectivity index (χ4n) is 3.30. The van der Waals surface area contributed by atoms with Gasteiger partial charge in [-0.05, 0) is 45.7 Å². The number of carbonyl (C=O) groups excluding carboxylic acids is 1. The zero-order valence-electron chi connectivity index (χ0n) is 13.3. The number of piperazine rings is 1. The third kappa shape index (κ3) is 3.00. The molecule has 2 aliphatic heterocycles. The van der Waals surface area contributed by atoms with E-state index in [-0.39, 0.29) is 18.2 Å². The fraction of sp³-hybridized carbons (Fsp3) is 0.625. The number of carbonyl (C=O) groups is 1. The first kappa shape index (κ1) is 15.4. The lowest BCUT2D eigenvalue weighted by Gasteiger charge is -2.41. The molecule has 2 fully saturated rings. The maximum absolute atomic E-state index is 12.4. The summed E-state index contributed by atoms with van der Waals surface area (Å²) in [4.78, 5) is 20.9. The second-order valence-electron chi connectivity index (χ2n) is 6.99. The summed E-state index contributed by atoms with van der Waals surface area (Å²) in [7, 11) is 0. The summed E-state index contributed by atoms with van der Waals surface area (Å²) in [6.07, 6.45) is 3.56. The van der Waals surface area contributed by atoms with Crippen molar-refractivity contribution >= 4 is 23.5 Å². The van der Waals surface area contributed by atoms with Crippen molar-refractivity contribution in [2.24, 2.45) is 0 Å². The molecule has 0 unspecified atom stereocenters. The minimum atomic E-state index is -0.460. The highest BCUT2D eigenvalue weighted by Crippen LogP contribution is 2.35. The quantitative estimate of drug-likeness (QED) is 0.795. The number of fused-ring (bicyclic) bond motifs is 2. The van der Waals surface area contributed by atoms with E-state index >= 15 is 0 Å². The Morgan fingerprint density at radius 3 is 2.50 bits per heavy atom. The van der Waals surface area contributed by atoms with E-state index in [9.17, 15) is 4.79 Å². The van der Waals surface area contributed by atoms with Gasteiger partial charge in [0.1, 0.15) is 11.4 Å². The number of hydrogen-bond acceptors (Lipinski definition) is 4. The molecule has 6 heteroatoms. The van der Waals surface area contributed by atoms with E-state index in [1.807, 2.05) is 37.8 Å². The van der Waals surface area contributed by atoms with Crippen LogP contribution in [-0.2, 0) is 4.74 Å². The molecule has 0 aromatic carbocycles. The van der Waals surface area contributed by atoms with Gasteiger partial charge in [0, 0.05) is 19.3 Å². The third-order valence-electron chi connectivity index (χ3n) is 4.13. The summed E-state index contributed by atoms with van der Waals surface area (Å²) in [6.45, 7) is 7.21. The molecule has 0 spiro atoms. The molecule has 0 saturated carbocycles. The van der Waals surface area contributed by atoms with Crippen molar-refractivity contribution in [2.75, 3.05) is 18.0 Å². The molecule has 22 heavy (non-hydrogen) atoms. The van der Waals surface area contributed by atoms with E-state index in [1.165, 1.54) is 0 Å². The standard InChI is InChI=1S/C16H22ClN3O2/c1-16(2,3)22-15(21)20-11-6-7-12(20)10-19(9-11)14-13(17)5-4-8-18-14/h4-5,8,11-12H,6-7,9-10H2,1-3H3/t11-,12+. The normalized spacial score (nSPS) is 24.5. The van der Waals surface area contributed by atoms with E-state index in [0.717, 1.165) is 31.7 Å². The summed E-state index contributed by atoms with van der Waals surface area (Å²) in [5, 5.41) is 0.660. The van der Waals surface area contributed by atoms with Crippen LogP contribution in [0, 0.1) is 0 Å². The lowest BCUT2D eigenvalue weighted by molar-refractivity contribution is 0.0123. The second-order valence-corrected chi connectivity index (χ2v) is 7.39. The topological polar surface area (TPSA) is 45.7 Å². The largest absolute Gasteiger partial charge is 0.444 e. The maximum Gasteiger partial charge on any atom is 0.410 e. The minimum Gasteiger partial charge on any atom is -0.444 e. The van der Waals surface area contributed by atoms with E-state index in [1.54, 1.807) is 6.20 Å². The summed E-state index contributed by atoms with van der Waals surface area (Å²) in [6, 6.07) is 4.03. The monoisotopic (exact) mass is 323 g/mol. The van der Waals surface area contributed by atoms with Gasteiger partial charge in [-0.25, -0.2) is 9.78 Å². The molecule has 3 heterocycles. The number of ether oxygens (including phenoxy) is 1. The highest BCUT2D eigenvalue weighted by molar-refractivity contribution is 6.32. The second kappa shape index (κ2) is 5.61. The van der Waals surface area contributed by atoms with Crippen molar-refractivity contribution in [3.63, 3.8) is 0 Å². The lowest BCUT2D eigenvalue weighted by atomic mass is 10.2. The molecule has 2 bridgehead atoms. The zero-order chi connectivity index (χ0) is 15.9. The highest BCUT2D eigenvalue weighted by Gasteiger charge is 2.44. The van der Waals surface area contributed by atoms with Crippen LogP contribution in [0.25, 0.3) is 0 Å². The van der Waals surface area contributed by atoms with Gasteiger partial charge in [-0.2, -0.15) is 0 Å². The molecule has 0 N–H and O–H groups in total. The van der Waals surface area contributed by atoms with Crippen molar-refractivity contribution in [3.05, 3.63) is 23.4 Å². The molecule has 2 saturated heterocycles. The Balaban J connectivity index is 1.74. The number of hydrogen-bond donors (Lipinski definition) is 0. The molecule has 5 nitrogen and oxygen atoms in total. The Hall–Kier alpha value is -1.49. The average Bonchev–Trinajstić information content (AvgIpc) is 2.68. The molecule has 3 rings (SSSR count). The Kier molecular flexibility index (Phi) is 3.93. The molecular formula is C16H22ClN3O2. The van der Waals surface area contributed by atoms with Gasteiger partial charge in [0.15, 0.2) is 0 Å². The maximum atomic E-state index is 12.4. The van der Waals surface area contributed by atoms with E-state index < -0.39 is 5.60 Å². The molecule has 2 aliphatic rings. The van der Waals surface area contributed by atoms with Crippen LogP contribution in [0.1, 0.15) is 33.6 Å².